The van der Waals surface area contributed by atoms with Crippen molar-refractivity contribution in [3.05, 3.63) is 72.8 Å². The molecule has 3 aromatic rings. The van der Waals surface area contributed by atoms with Crippen LogP contribution in [0.4, 0.5) is 23.0 Å². The van der Waals surface area contributed by atoms with E-state index in [9.17, 15) is 11.7 Å². The summed E-state index contributed by atoms with van der Waals surface area (Å²) in [7, 11) is 0. The second-order valence-electron chi connectivity index (χ2n) is 4.51. The number of halogens is 3. The van der Waals surface area contributed by atoms with E-state index in [-0.39, 0.29) is 11.4 Å². The lowest BCUT2D eigenvalue weighted by molar-refractivity contribution is 0.634. The fourth-order valence-corrected chi connectivity index (χ4v) is 3.06. The lowest BCUT2D eigenvalue weighted by atomic mass is 10.1. The molecular weight excluding hydrogens is 295 g/mol. The van der Waals surface area contributed by atoms with Gasteiger partial charge in [0.15, 0.2) is 0 Å². The van der Waals surface area contributed by atoms with E-state index in [0.29, 0.717) is 9.69 Å². The topological polar surface area (TPSA) is 3.24 Å². The van der Waals surface area contributed by atoms with Gasteiger partial charge in [-0.1, -0.05) is 54.6 Å². The van der Waals surface area contributed by atoms with Gasteiger partial charge in [0.05, 0.1) is 11.4 Å². The van der Waals surface area contributed by atoms with Crippen molar-refractivity contribution in [1.29, 1.82) is 0 Å². The molecule has 0 aliphatic heterocycles. The summed E-state index contributed by atoms with van der Waals surface area (Å²) in [5.41, 5.74) is 0.304. The second kappa shape index (κ2) is 5.33. The van der Waals surface area contributed by atoms with Crippen LogP contribution in [0.5, 0.6) is 0 Å². The van der Waals surface area contributed by atoms with Crippen molar-refractivity contribution in [3.63, 3.8) is 0 Å². The molecule has 3 aromatic carbocycles. The summed E-state index contributed by atoms with van der Waals surface area (Å²) < 4.78 is 41.4. The Morgan fingerprint density at radius 1 is 0.667 bits per heavy atom. The molecule has 0 spiro atoms. The molecule has 0 saturated carbocycles. The summed E-state index contributed by atoms with van der Waals surface area (Å²) >= 11 is -5.43. The lowest BCUT2D eigenvalue weighted by Crippen LogP contribution is -2.14. The van der Waals surface area contributed by atoms with Gasteiger partial charge in [-0.15, -0.1) is 11.7 Å². The first-order chi connectivity index (χ1) is 10.1. The molecule has 0 heterocycles. The van der Waals surface area contributed by atoms with E-state index in [1.54, 1.807) is 36.4 Å². The normalized spacial score (nSPS) is 12.3. The molecule has 0 unspecified atom stereocenters. The number of fused-ring (bicyclic) bond motifs is 1. The predicted octanol–water partition coefficient (Wildman–Crippen LogP) is 6.35. The molecule has 0 fully saturated rings. The molecule has 3 rings (SSSR count). The first-order valence-electron chi connectivity index (χ1n) is 6.32. The lowest BCUT2D eigenvalue weighted by Gasteiger charge is -2.30. The van der Waals surface area contributed by atoms with Crippen LogP contribution in [0, 0.1) is 0 Å². The SMILES string of the molecule is FS(F)(F)N(c1ccccc1)c1cccc2ccccc12. The third-order valence-electron chi connectivity index (χ3n) is 3.18. The predicted molar refractivity (Wildman–Crippen MR) is 83.4 cm³/mol. The third kappa shape index (κ3) is 2.69. The van der Waals surface area contributed by atoms with Crippen molar-refractivity contribution in [2.75, 3.05) is 4.31 Å². The summed E-state index contributed by atoms with van der Waals surface area (Å²) in [6.45, 7) is 0. The van der Waals surface area contributed by atoms with Crippen LogP contribution in [0.3, 0.4) is 0 Å². The molecule has 21 heavy (non-hydrogen) atoms. The maximum absolute atomic E-state index is 13.6. The highest BCUT2D eigenvalue weighted by molar-refractivity contribution is 8.22. The molecular formula is C16H12F3NS. The van der Waals surface area contributed by atoms with Gasteiger partial charge in [-0.05, 0) is 23.6 Å². The molecule has 0 bridgehead atoms. The van der Waals surface area contributed by atoms with Gasteiger partial charge in [-0.2, -0.15) is 0 Å². The van der Waals surface area contributed by atoms with Crippen LogP contribution in [0.1, 0.15) is 0 Å². The average Bonchev–Trinajstić information content (AvgIpc) is 2.47. The fraction of sp³-hybridized carbons (Fsp3) is 0. The number of anilines is 2. The first-order valence-corrected chi connectivity index (χ1v) is 7.62. The van der Waals surface area contributed by atoms with E-state index in [2.05, 4.69) is 0 Å². The molecule has 0 aliphatic carbocycles. The van der Waals surface area contributed by atoms with E-state index in [1.807, 2.05) is 18.2 Å². The maximum atomic E-state index is 13.6. The minimum Gasteiger partial charge on any atom is -0.229 e. The van der Waals surface area contributed by atoms with E-state index in [4.69, 9.17) is 0 Å². The summed E-state index contributed by atoms with van der Waals surface area (Å²) in [6.07, 6.45) is 0. The quantitative estimate of drug-likeness (QED) is 0.545. The van der Waals surface area contributed by atoms with Crippen LogP contribution in [-0.2, 0) is 0 Å². The van der Waals surface area contributed by atoms with E-state index < -0.39 is 11.4 Å². The Bertz CT molecular complexity index is 751. The van der Waals surface area contributed by atoms with E-state index >= 15 is 0 Å². The van der Waals surface area contributed by atoms with Crippen LogP contribution in [-0.4, -0.2) is 0 Å². The summed E-state index contributed by atoms with van der Waals surface area (Å²) in [4.78, 5) is 0. The third-order valence-corrected chi connectivity index (χ3v) is 4.00. The number of nitrogens with zero attached hydrogens (tertiary/aromatic N) is 1. The Labute approximate surface area is 123 Å². The van der Waals surface area contributed by atoms with E-state index in [1.165, 1.54) is 18.2 Å². The van der Waals surface area contributed by atoms with Crippen LogP contribution in [0.2, 0.25) is 0 Å². The van der Waals surface area contributed by atoms with Crippen LogP contribution < -0.4 is 4.31 Å². The Morgan fingerprint density at radius 3 is 2.00 bits per heavy atom. The van der Waals surface area contributed by atoms with Crippen LogP contribution in [0.25, 0.3) is 10.8 Å². The van der Waals surface area contributed by atoms with Gasteiger partial charge in [-0.25, -0.2) is 4.31 Å². The Balaban J connectivity index is 2.25. The van der Waals surface area contributed by atoms with Gasteiger partial charge in [0.25, 0.3) is 0 Å². The monoisotopic (exact) mass is 307 g/mol. The number of hydrogen-bond acceptors (Lipinski definition) is 1. The number of benzene rings is 3. The van der Waals surface area contributed by atoms with Crippen molar-refractivity contribution < 1.29 is 11.7 Å². The molecule has 0 atom stereocenters. The average molecular weight is 307 g/mol. The molecule has 0 radical (unpaired) electrons. The fourth-order valence-electron chi connectivity index (χ4n) is 2.32. The minimum absolute atomic E-state index is 0.136. The number of hydrogen-bond donors (Lipinski definition) is 0. The molecule has 0 aliphatic rings. The zero-order valence-electron chi connectivity index (χ0n) is 10.9. The van der Waals surface area contributed by atoms with Crippen molar-refractivity contribution in [2.24, 2.45) is 0 Å². The molecule has 0 amide bonds. The zero-order chi connectivity index (χ0) is 14.9. The highest BCUT2D eigenvalue weighted by Gasteiger charge is 2.34. The molecule has 0 aromatic heterocycles. The van der Waals surface area contributed by atoms with Crippen molar-refractivity contribution in [2.45, 2.75) is 0 Å². The van der Waals surface area contributed by atoms with Crippen molar-refractivity contribution in [3.8, 4) is 0 Å². The standard InChI is InChI=1S/C16H12F3NS/c17-21(18,19)20(14-9-2-1-3-10-14)16-12-6-8-13-7-4-5-11-15(13)16/h1-12H. The second-order valence-corrected chi connectivity index (χ2v) is 5.64. The van der Waals surface area contributed by atoms with Crippen molar-refractivity contribution >= 4 is 33.5 Å². The van der Waals surface area contributed by atoms with E-state index in [0.717, 1.165) is 5.39 Å². The highest BCUT2D eigenvalue weighted by Crippen LogP contribution is 2.62. The van der Waals surface area contributed by atoms with Gasteiger partial charge in [0, 0.05) is 5.39 Å². The minimum atomic E-state index is -5.43. The largest absolute Gasteiger partial charge is 0.306 e. The summed E-state index contributed by atoms with van der Waals surface area (Å²) in [6, 6.07) is 19.9. The summed E-state index contributed by atoms with van der Waals surface area (Å²) in [5.74, 6) is 0. The van der Waals surface area contributed by atoms with Gasteiger partial charge >= 0.3 is 11.4 Å². The molecule has 0 saturated heterocycles. The van der Waals surface area contributed by atoms with Crippen LogP contribution >= 0.6 is 11.4 Å². The smallest absolute Gasteiger partial charge is 0.229 e. The molecule has 108 valence electrons. The molecule has 1 nitrogen and oxygen atoms in total. The van der Waals surface area contributed by atoms with Gasteiger partial charge in [-0.3, -0.25) is 0 Å². The van der Waals surface area contributed by atoms with Crippen molar-refractivity contribution in [1.82, 2.24) is 0 Å². The Hall–Kier alpha value is -2.14. The van der Waals surface area contributed by atoms with Gasteiger partial charge in [0.2, 0.25) is 0 Å². The summed E-state index contributed by atoms with van der Waals surface area (Å²) in [5, 5.41) is 1.38. The Morgan fingerprint density at radius 2 is 1.29 bits per heavy atom. The van der Waals surface area contributed by atoms with Gasteiger partial charge < -0.3 is 0 Å². The first kappa shape index (κ1) is 13.8. The molecule has 5 heteroatoms. The molecule has 0 N–H and O–H groups in total. The maximum Gasteiger partial charge on any atom is 0.306 e. The van der Waals surface area contributed by atoms with Gasteiger partial charge in [0.1, 0.15) is 0 Å². The van der Waals surface area contributed by atoms with Crippen LogP contribution in [0.15, 0.2) is 72.8 Å². The Kier molecular flexibility index (Phi) is 3.51. The number of para-hydroxylation sites is 1. The number of rotatable bonds is 3. The highest BCUT2D eigenvalue weighted by atomic mass is 32.3. The zero-order valence-corrected chi connectivity index (χ0v) is 11.7.